The molecule has 0 aliphatic heterocycles. The Morgan fingerprint density at radius 3 is 2.83 bits per heavy atom. The van der Waals surface area contributed by atoms with E-state index < -0.39 is 0 Å². The maximum absolute atomic E-state index is 12.6. The van der Waals surface area contributed by atoms with Gasteiger partial charge < -0.3 is 18.8 Å². The van der Waals surface area contributed by atoms with E-state index in [0.29, 0.717) is 23.9 Å². The minimum absolute atomic E-state index is 0.130. The molecule has 0 saturated heterocycles. The molecule has 2 heterocycles. The normalized spacial score (nSPS) is 10.5. The summed E-state index contributed by atoms with van der Waals surface area (Å²) in [6, 6.07) is 1.78. The lowest BCUT2D eigenvalue weighted by atomic mass is 10.3. The second kappa shape index (κ2) is 8.44. The molecule has 124 valence electrons. The van der Waals surface area contributed by atoms with Gasteiger partial charge >= 0.3 is 5.97 Å². The zero-order valence-electron chi connectivity index (χ0n) is 13.0. The van der Waals surface area contributed by atoms with Crippen LogP contribution < -0.4 is 0 Å². The van der Waals surface area contributed by atoms with Crippen LogP contribution in [0.2, 0.25) is 0 Å². The Labute approximate surface area is 137 Å². The number of rotatable bonds is 8. The standard InChI is InChI=1S/C15H18N2O5S/c1-20-8-6-17(5-3-13(18)21-2)15(19)12-10-23-14(16-12)11-4-7-22-9-11/h4,7,9-10H,3,5-6,8H2,1-2H3. The zero-order chi connectivity index (χ0) is 16.7. The second-order valence-corrected chi connectivity index (χ2v) is 5.52. The molecule has 23 heavy (non-hydrogen) atoms. The summed E-state index contributed by atoms with van der Waals surface area (Å²) < 4.78 is 14.6. The first-order valence-corrected chi connectivity index (χ1v) is 7.86. The molecule has 0 fully saturated rings. The summed E-state index contributed by atoms with van der Waals surface area (Å²) >= 11 is 1.36. The molecule has 0 atom stereocenters. The Morgan fingerprint density at radius 1 is 1.35 bits per heavy atom. The van der Waals surface area contributed by atoms with Crippen molar-refractivity contribution in [2.45, 2.75) is 6.42 Å². The van der Waals surface area contributed by atoms with Gasteiger partial charge in [0.05, 0.1) is 26.4 Å². The lowest BCUT2D eigenvalue weighted by Gasteiger charge is -2.20. The van der Waals surface area contributed by atoms with Gasteiger partial charge in [0.25, 0.3) is 5.91 Å². The van der Waals surface area contributed by atoms with Crippen molar-refractivity contribution >= 4 is 23.2 Å². The summed E-state index contributed by atoms with van der Waals surface area (Å²) in [6.07, 6.45) is 3.26. The van der Waals surface area contributed by atoms with Crippen molar-refractivity contribution in [3.05, 3.63) is 29.7 Å². The summed E-state index contributed by atoms with van der Waals surface area (Å²) in [5, 5.41) is 2.41. The van der Waals surface area contributed by atoms with Crippen LogP contribution in [0.15, 0.2) is 28.4 Å². The molecular formula is C15H18N2O5S. The number of carbonyl (C=O) groups is 2. The predicted molar refractivity (Wildman–Crippen MR) is 84.2 cm³/mol. The minimum Gasteiger partial charge on any atom is -0.472 e. The predicted octanol–water partition coefficient (Wildman–Crippen LogP) is 2.05. The Hall–Kier alpha value is -2.19. The van der Waals surface area contributed by atoms with Crippen molar-refractivity contribution in [2.75, 3.05) is 33.9 Å². The van der Waals surface area contributed by atoms with Crippen molar-refractivity contribution in [2.24, 2.45) is 0 Å². The molecule has 0 aliphatic rings. The number of esters is 1. The van der Waals surface area contributed by atoms with Crippen LogP contribution in [0.5, 0.6) is 0 Å². The maximum atomic E-state index is 12.6. The van der Waals surface area contributed by atoms with Gasteiger partial charge in [0, 0.05) is 31.1 Å². The number of hydrogen-bond acceptors (Lipinski definition) is 7. The first-order valence-electron chi connectivity index (χ1n) is 6.98. The van der Waals surface area contributed by atoms with E-state index in [-0.39, 0.29) is 24.8 Å². The molecule has 7 nitrogen and oxygen atoms in total. The third-order valence-corrected chi connectivity index (χ3v) is 4.05. The van der Waals surface area contributed by atoms with Crippen LogP contribution in [-0.2, 0) is 14.3 Å². The van der Waals surface area contributed by atoms with E-state index in [0.717, 1.165) is 5.56 Å². The lowest BCUT2D eigenvalue weighted by Crippen LogP contribution is -2.36. The summed E-state index contributed by atoms with van der Waals surface area (Å²) in [7, 11) is 2.88. The number of hydrogen-bond donors (Lipinski definition) is 0. The molecule has 2 rings (SSSR count). The molecule has 0 radical (unpaired) electrons. The van der Waals surface area contributed by atoms with E-state index in [4.69, 9.17) is 9.15 Å². The Kier molecular flexibility index (Phi) is 6.30. The third kappa shape index (κ3) is 4.64. The first kappa shape index (κ1) is 17.2. The van der Waals surface area contributed by atoms with E-state index in [1.807, 2.05) is 0 Å². The van der Waals surface area contributed by atoms with Crippen molar-refractivity contribution in [3.8, 4) is 10.6 Å². The van der Waals surface area contributed by atoms with Crippen molar-refractivity contribution in [1.29, 1.82) is 0 Å². The molecule has 0 spiro atoms. The molecule has 1 amide bonds. The Balaban J connectivity index is 2.07. The van der Waals surface area contributed by atoms with E-state index >= 15 is 0 Å². The molecule has 0 saturated carbocycles. The summed E-state index contributed by atoms with van der Waals surface area (Å²) in [4.78, 5) is 29.7. The van der Waals surface area contributed by atoms with Gasteiger partial charge in [0.1, 0.15) is 17.0 Å². The molecule has 0 aliphatic carbocycles. The molecule has 8 heteroatoms. The zero-order valence-corrected chi connectivity index (χ0v) is 13.8. The smallest absolute Gasteiger partial charge is 0.307 e. The van der Waals surface area contributed by atoms with Gasteiger partial charge in [-0.1, -0.05) is 0 Å². The van der Waals surface area contributed by atoms with Crippen LogP contribution in [0, 0.1) is 0 Å². The van der Waals surface area contributed by atoms with E-state index in [2.05, 4.69) is 9.72 Å². The number of thiazole rings is 1. The monoisotopic (exact) mass is 338 g/mol. The minimum atomic E-state index is -0.363. The van der Waals surface area contributed by atoms with Gasteiger partial charge in [0.15, 0.2) is 0 Å². The SMILES string of the molecule is COCCN(CCC(=O)OC)C(=O)c1csc(-c2ccoc2)n1. The van der Waals surface area contributed by atoms with Crippen LogP contribution in [-0.4, -0.2) is 55.7 Å². The van der Waals surface area contributed by atoms with Crippen LogP contribution in [0.1, 0.15) is 16.9 Å². The van der Waals surface area contributed by atoms with Gasteiger partial charge in [0.2, 0.25) is 0 Å². The number of amides is 1. The van der Waals surface area contributed by atoms with Gasteiger partial charge in [-0.2, -0.15) is 0 Å². The summed E-state index contributed by atoms with van der Waals surface area (Å²) in [6.45, 7) is 1.02. The van der Waals surface area contributed by atoms with Crippen LogP contribution in [0.4, 0.5) is 0 Å². The van der Waals surface area contributed by atoms with Crippen molar-refractivity contribution < 1.29 is 23.5 Å². The number of methoxy groups -OCH3 is 2. The van der Waals surface area contributed by atoms with Crippen molar-refractivity contribution in [3.63, 3.8) is 0 Å². The van der Waals surface area contributed by atoms with Crippen molar-refractivity contribution in [1.82, 2.24) is 9.88 Å². The van der Waals surface area contributed by atoms with E-state index in [9.17, 15) is 9.59 Å². The summed E-state index contributed by atoms with van der Waals surface area (Å²) in [5.41, 5.74) is 1.17. The molecule has 2 aromatic heterocycles. The number of ether oxygens (including phenoxy) is 2. The topological polar surface area (TPSA) is 81.9 Å². The molecule has 0 bridgehead atoms. The molecule has 0 aromatic carbocycles. The van der Waals surface area contributed by atoms with Crippen LogP contribution in [0.25, 0.3) is 10.6 Å². The second-order valence-electron chi connectivity index (χ2n) is 4.66. The van der Waals surface area contributed by atoms with Gasteiger partial charge in [-0.15, -0.1) is 11.3 Å². The molecular weight excluding hydrogens is 320 g/mol. The average molecular weight is 338 g/mol. The number of aromatic nitrogens is 1. The van der Waals surface area contributed by atoms with Crippen LogP contribution in [0.3, 0.4) is 0 Å². The van der Waals surface area contributed by atoms with Gasteiger partial charge in [-0.05, 0) is 6.07 Å². The third-order valence-electron chi connectivity index (χ3n) is 3.16. The molecule has 0 unspecified atom stereocenters. The fourth-order valence-corrected chi connectivity index (χ4v) is 2.68. The lowest BCUT2D eigenvalue weighted by molar-refractivity contribution is -0.140. The highest BCUT2D eigenvalue weighted by Gasteiger charge is 2.20. The average Bonchev–Trinajstić information content (AvgIpc) is 3.24. The van der Waals surface area contributed by atoms with E-state index in [1.165, 1.54) is 23.3 Å². The maximum Gasteiger partial charge on any atom is 0.307 e. The van der Waals surface area contributed by atoms with E-state index in [1.54, 1.807) is 31.1 Å². The number of carbonyl (C=O) groups excluding carboxylic acids is 2. The van der Waals surface area contributed by atoms with Crippen LogP contribution >= 0.6 is 11.3 Å². The highest BCUT2D eigenvalue weighted by molar-refractivity contribution is 7.13. The highest BCUT2D eigenvalue weighted by atomic mass is 32.1. The molecule has 0 N–H and O–H groups in total. The quantitative estimate of drug-likeness (QED) is 0.685. The highest BCUT2D eigenvalue weighted by Crippen LogP contribution is 2.24. The first-order chi connectivity index (χ1) is 11.2. The van der Waals surface area contributed by atoms with Gasteiger partial charge in [-0.25, -0.2) is 4.98 Å². The van der Waals surface area contributed by atoms with Gasteiger partial charge in [-0.3, -0.25) is 9.59 Å². The molecule has 2 aromatic rings. The number of nitrogens with zero attached hydrogens (tertiary/aromatic N) is 2. The fourth-order valence-electron chi connectivity index (χ4n) is 1.90. The largest absolute Gasteiger partial charge is 0.472 e. The summed E-state index contributed by atoms with van der Waals surface area (Å²) in [5.74, 6) is -0.602. The Morgan fingerprint density at radius 2 is 2.17 bits per heavy atom. The number of furan rings is 1. The Bertz CT molecular complexity index is 638. The fraction of sp³-hybridized carbons (Fsp3) is 0.400.